The summed E-state index contributed by atoms with van der Waals surface area (Å²) in [6.07, 6.45) is 5.58. The fourth-order valence-electron chi connectivity index (χ4n) is 3.21. The van der Waals surface area contributed by atoms with Gasteiger partial charge in [0.2, 0.25) is 0 Å². The van der Waals surface area contributed by atoms with Gasteiger partial charge in [0.15, 0.2) is 0 Å². The highest BCUT2D eigenvalue weighted by molar-refractivity contribution is 7.99. The largest absolute Gasteiger partial charge is 0.313 e. The van der Waals surface area contributed by atoms with Gasteiger partial charge in [-0.3, -0.25) is 0 Å². The number of thioether (sulfide) groups is 1. The molecule has 2 atom stereocenters. The molecule has 1 aliphatic heterocycles. The van der Waals surface area contributed by atoms with E-state index in [0.29, 0.717) is 6.04 Å². The van der Waals surface area contributed by atoms with Crippen LogP contribution in [0.2, 0.25) is 0 Å². The van der Waals surface area contributed by atoms with Crippen LogP contribution in [-0.4, -0.2) is 18.6 Å². The molecule has 0 bridgehead atoms. The van der Waals surface area contributed by atoms with E-state index >= 15 is 0 Å². The van der Waals surface area contributed by atoms with E-state index in [1.807, 2.05) is 0 Å². The van der Waals surface area contributed by atoms with Gasteiger partial charge in [0.05, 0.1) is 0 Å². The SMILES string of the molecule is CNC(c1ccc(C2CCC2)cc1)C1CCSC1. The van der Waals surface area contributed by atoms with Crippen molar-refractivity contribution in [2.24, 2.45) is 5.92 Å². The Balaban J connectivity index is 1.73. The van der Waals surface area contributed by atoms with Gasteiger partial charge in [0, 0.05) is 6.04 Å². The smallest absolute Gasteiger partial charge is 0.0354 e. The molecule has 1 heterocycles. The van der Waals surface area contributed by atoms with Gasteiger partial charge < -0.3 is 5.32 Å². The van der Waals surface area contributed by atoms with E-state index in [9.17, 15) is 0 Å². The molecule has 98 valence electrons. The van der Waals surface area contributed by atoms with Crippen molar-refractivity contribution >= 4 is 11.8 Å². The maximum absolute atomic E-state index is 3.52. The summed E-state index contributed by atoms with van der Waals surface area (Å²) in [7, 11) is 2.10. The fraction of sp³-hybridized carbons (Fsp3) is 0.625. The molecule has 18 heavy (non-hydrogen) atoms. The van der Waals surface area contributed by atoms with Crippen LogP contribution in [0.5, 0.6) is 0 Å². The molecule has 1 N–H and O–H groups in total. The number of rotatable bonds is 4. The van der Waals surface area contributed by atoms with Gasteiger partial charge in [-0.15, -0.1) is 0 Å². The minimum Gasteiger partial charge on any atom is -0.313 e. The highest BCUT2D eigenvalue weighted by Gasteiger charge is 2.26. The first-order valence-corrected chi connectivity index (χ1v) is 8.39. The van der Waals surface area contributed by atoms with Crippen molar-refractivity contribution in [1.82, 2.24) is 5.32 Å². The van der Waals surface area contributed by atoms with Crippen LogP contribution in [0, 0.1) is 5.92 Å². The van der Waals surface area contributed by atoms with Gasteiger partial charge in [-0.1, -0.05) is 30.7 Å². The zero-order valence-electron chi connectivity index (χ0n) is 11.2. The lowest BCUT2D eigenvalue weighted by Crippen LogP contribution is -2.25. The van der Waals surface area contributed by atoms with Crippen LogP contribution in [0.1, 0.15) is 48.8 Å². The topological polar surface area (TPSA) is 12.0 Å². The molecule has 1 aliphatic carbocycles. The van der Waals surface area contributed by atoms with E-state index in [1.165, 1.54) is 42.8 Å². The summed E-state index contributed by atoms with van der Waals surface area (Å²) in [5.74, 6) is 4.32. The number of nitrogens with one attached hydrogen (secondary N) is 1. The van der Waals surface area contributed by atoms with Gasteiger partial charge in [-0.2, -0.15) is 11.8 Å². The van der Waals surface area contributed by atoms with Crippen molar-refractivity contribution in [3.8, 4) is 0 Å². The molecule has 3 rings (SSSR count). The molecule has 2 heteroatoms. The Morgan fingerprint density at radius 2 is 1.94 bits per heavy atom. The molecule has 0 amide bonds. The zero-order chi connectivity index (χ0) is 12.4. The summed E-state index contributed by atoms with van der Waals surface area (Å²) in [6, 6.07) is 10.0. The minimum absolute atomic E-state index is 0.551. The summed E-state index contributed by atoms with van der Waals surface area (Å²) in [6.45, 7) is 0. The van der Waals surface area contributed by atoms with Crippen molar-refractivity contribution in [2.45, 2.75) is 37.6 Å². The number of benzene rings is 1. The Morgan fingerprint density at radius 3 is 2.44 bits per heavy atom. The van der Waals surface area contributed by atoms with E-state index < -0.39 is 0 Å². The second kappa shape index (κ2) is 5.66. The predicted octanol–water partition coefficient (Wildman–Crippen LogP) is 3.97. The fourth-order valence-corrected chi connectivity index (χ4v) is 4.51. The van der Waals surface area contributed by atoms with E-state index in [1.54, 1.807) is 5.56 Å². The van der Waals surface area contributed by atoms with E-state index in [2.05, 4.69) is 48.4 Å². The summed E-state index contributed by atoms with van der Waals surface area (Å²) < 4.78 is 0. The highest BCUT2D eigenvalue weighted by atomic mass is 32.2. The van der Waals surface area contributed by atoms with Crippen LogP contribution < -0.4 is 5.32 Å². The second-order valence-corrected chi connectivity index (χ2v) is 6.83. The highest BCUT2D eigenvalue weighted by Crippen LogP contribution is 2.38. The van der Waals surface area contributed by atoms with E-state index in [0.717, 1.165) is 11.8 Å². The summed E-state index contributed by atoms with van der Waals surface area (Å²) in [4.78, 5) is 0. The summed E-state index contributed by atoms with van der Waals surface area (Å²) in [5.41, 5.74) is 3.04. The van der Waals surface area contributed by atoms with Crippen LogP contribution in [0.4, 0.5) is 0 Å². The Hall–Kier alpha value is -0.470. The molecular weight excluding hydrogens is 238 g/mol. The average Bonchev–Trinajstić information content (AvgIpc) is 2.84. The number of hydrogen-bond donors (Lipinski definition) is 1. The maximum atomic E-state index is 3.52. The van der Waals surface area contributed by atoms with Crippen LogP contribution in [0.25, 0.3) is 0 Å². The van der Waals surface area contributed by atoms with Crippen LogP contribution in [0.3, 0.4) is 0 Å². The summed E-state index contributed by atoms with van der Waals surface area (Å²) in [5, 5.41) is 3.52. The molecular formula is C16H23NS. The zero-order valence-corrected chi connectivity index (χ0v) is 12.0. The Kier molecular flexibility index (Phi) is 3.95. The van der Waals surface area contributed by atoms with Crippen molar-refractivity contribution < 1.29 is 0 Å². The van der Waals surface area contributed by atoms with Crippen LogP contribution >= 0.6 is 11.8 Å². The minimum atomic E-state index is 0.551. The van der Waals surface area contributed by atoms with E-state index in [-0.39, 0.29) is 0 Å². The monoisotopic (exact) mass is 261 g/mol. The molecule has 2 aliphatic rings. The van der Waals surface area contributed by atoms with Crippen molar-refractivity contribution in [1.29, 1.82) is 0 Å². The molecule has 1 saturated carbocycles. The lowest BCUT2D eigenvalue weighted by Gasteiger charge is -2.27. The Morgan fingerprint density at radius 1 is 1.17 bits per heavy atom. The van der Waals surface area contributed by atoms with Crippen molar-refractivity contribution in [2.75, 3.05) is 18.6 Å². The van der Waals surface area contributed by atoms with Gasteiger partial charge in [-0.05, 0) is 60.8 Å². The van der Waals surface area contributed by atoms with Crippen molar-refractivity contribution in [3.63, 3.8) is 0 Å². The first-order chi connectivity index (χ1) is 8.88. The molecule has 2 fully saturated rings. The van der Waals surface area contributed by atoms with Gasteiger partial charge in [0.25, 0.3) is 0 Å². The third kappa shape index (κ3) is 2.46. The Labute approximate surface area is 115 Å². The van der Waals surface area contributed by atoms with Crippen LogP contribution in [0.15, 0.2) is 24.3 Å². The van der Waals surface area contributed by atoms with Crippen LogP contribution in [-0.2, 0) is 0 Å². The first kappa shape index (κ1) is 12.6. The van der Waals surface area contributed by atoms with E-state index in [4.69, 9.17) is 0 Å². The number of hydrogen-bond acceptors (Lipinski definition) is 2. The second-order valence-electron chi connectivity index (χ2n) is 5.68. The van der Waals surface area contributed by atoms with Gasteiger partial charge >= 0.3 is 0 Å². The maximum Gasteiger partial charge on any atom is 0.0354 e. The molecule has 0 radical (unpaired) electrons. The quantitative estimate of drug-likeness (QED) is 0.880. The van der Waals surface area contributed by atoms with Gasteiger partial charge in [-0.25, -0.2) is 0 Å². The van der Waals surface area contributed by atoms with Crippen molar-refractivity contribution in [3.05, 3.63) is 35.4 Å². The third-order valence-corrected chi connectivity index (χ3v) is 5.81. The molecule has 2 unspecified atom stereocenters. The Bertz CT molecular complexity index is 377. The normalized spacial score (nSPS) is 25.9. The molecule has 1 aromatic carbocycles. The first-order valence-electron chi connectivity index (χ1n) is 7.23. The standard InChI is InChI=1S/C16H23NS/c1-17-16(15-9-10-18-11-15)14-7-5-13(6-8-14)12-3-2-4-12/h5-8,12,15-17H,2-4,9-11H2,1H3. The molecule has 1 aromatic rings. The summed E-state index contributed by atoms with van der Waals surface area (Å²) >= 11 is 2.10. The average molecular weight is 261 g/mol. The lowest BCUT2D eigenvalue weighted by atomic mass is 9.79. The third-order valence-electron chi connectivity index (χ3n) is 4.62. The molecule has 1 nitrogen and oxygen atoms in total. The van der Waals surface area contributed by atoms with Gasteiger partial charge in [0.1, 0.15) is 0 Å². The molecule has 0 aromatic heterocycles. The molecule has 0 spiro atoms. The predicted molar refractivity (Wildman–Crippen MR) is 80.3 cm³/mol. The molecule has 1 saturated heterocycles. The lowest BCUT2D eigenvalue weighted by molar-refractivity contribution is 0.414.